The van der Waals surface area contributed by atoms with Gasteiger partial charge >= 0.3 is 5.97 Å². The lowest BCUT2D eigenvalue weighted by Crippen LogP contribution is -2.06. The maximum atomic E-state index is 12.0. The highest BCUT2D eigenvalue weighted by atomic mass is 16.5. The Balaban J connectivity index is 2.09. The van der Waals surface area contributed by atoms with E-state index in [1.807, 2.05) is 36.4 Å². The van der Waals surface area contributed by atoms with Crippen molar-refractivity contribution in [3.8, 4) is 23.3 Å². The highest BCUT2D eigenvalue weighted by Crippen LogP contribution is 2.37. The highest BCUT2D eigenvalue weighted by molar-refractivity contribution is 5.93. The molecule has 0 heterocycles. The summed E-state index contributed by atoms with van der Waals surface area (Å²) in [5.74, 6) is -0.303. The number of allylic oxidation sites excluding steroid dienone is 2. The summed E-state index contributed by atoms with van der Waals surface area (Å²) >= 11 is 0. The van der Waals surface area contributed by atoms with Crippen molar-refractivity contribution in [3.05, 3.63) is 71.3 Å². The minimum Gasteiger partial charge on any atom is -0.502 e. The number of nitrogens with zero attached hydrogens (tertiary/aromatic N) is 1. The van der Waals surface area contributed by atoms with E-state index in [1.165, 1.54) is 26.4 Å². The number of ether oxygens (including phenoxy) is 3. The van der Waals surface area contributed by atoms with E-state index in [1.54, 1.807) is 18.2 Å². The normalized spacial score (nSPS) is 11.1. The topological polar surface area (TPSA) is 88.8 Å². The molecule has 6 heteroatoms. The Hall–Kier alpha value is -3.72. The Kier molecular flexibility index (Phi) is 7.03. The van der Waals surface area contributed by atoms with Gasteiger partial charge in [0.2, 0.25) is 5.75 Å². The smallest absolute Gasteiger partial charge is 0.349 e. The first-order valence-corrected chi connectivity index (χ1v) is 8.03. The zero-order chi connectivity index (χ0) is 19.6. The molecule has 0 saturated carbocycles. The number of carbonyl (C=O) groups is 1. The Labute approximate surface area is 157 Å². The second kappa shape index (κ2) is 9.68. The molecule has 2 aromatic rings. The summed E-state index contributed by atoms with van der Waals surface area (Å²) in [6.45, 7) is 0.0920. The first-order chi connectivity index (χ1) is 13.1. The van der Waals surface area contributed by atoms with Gasteiger partial charge in [0.1, 0.15) is 18.2 Å². The van der Waals surface area contributed by atoms with Crippen LogP contribution in [-0.4, -0.2) is 25.3 Å². The largest absolute Gasteiger partial charge is 0.502 e. The van der Waals surface area contributed by atoms with Crippen LogP contribution < -0.4 is 9.47 Å². The molecule has 0 amide bonds. The predicted octanol–water partition coefficient (Wildman–Crippen LogP) is 3.62. The Morgan fingerprint density at radius 3 is 2.33 bits per heavy atom. The average Bonchev–Trinajstić information content (AvgIpc) is 2.71. The monoisotopic (exact) mass is 365 g/mol. The number of aromatic hydroxyl groups is 1. The fourth-order valence-corrected chi connectivity index (χ4v) is 2.22. The second-order valence-electron chi connectivity index (χ2n) is 5.39. The van der Waals surface area contributed by atoms with E-state index in [-0.39, 0.29) is 29.4 Å². The number of phenols is 1. The van der Waals surface area contributed by atoms with Crippen molar-refractivity contribution in [3.63, 3.8) is 0 Å². The lowest BCUT2D eigenvalue weighted by atomic mass is 10.1. The van der Waals surface area contributed by atoms with Gasteiger partial charge in [0.15, 0.2) is 11.5 Å². The number of hydrogen-bond donors (Lipinski definition) is 1. The predicted molar refractivity (Wildman–Crippen MR) is 100 cm³/mol. The van der Waals surface area contributed by atoms with E-state index in [2.05, 4.69) is 0 Å². The van der Waals surface area contributed by atoms with Gasteiger partial charge in [0.05, 0.1) is 14.2 Å². The second-order valence-corrected chi connectivity index (χ2v) is 5.39. The lowest BCUT2D eigenvalue weighted by molar-refractivity contribution is -0.139. The zero-order valence-electron chi connectivity index (χ0n) is 15.0. The van der Waals surface area contributed by atoms with Gasteiger partial charge in [-0.1, -0.05) is 42.5 Å². The van der Waals surface area contributed by atoms with E-state index < -0.39 is 5.97 Å². The summed E-state index contributed by atoms with van der Waals surface area (Å²) in [4.78, 5) is 12.0. The number of benzene rings is 2. The van der Waals surface area contributed by atoms with Gasteiger partial charge in [-0.05, 0) is 29.3 Å². The number of methoxy groups -OCH3 is 2. The van der Waals surface area contributed by atoms with Crippen LogP contribution in [0, 0.1) is 11.3 Å². The van der Waals surface area contributed by atoms with Crippen molar-refractivity contribution in [2.24, 2.45) is 0 Å². The lowest BCUT2D eigenvalue weighted by Gasteiger charge is -2.09. The summed E-state index contributed by atoms with van der Waals surface area (Å²) in [6, 6.07) is 14.2. The molecule has 1 N–H and O–H groups in total. The summed E-state index contributed by atoms with van der Waals surface area (Å²) < 4.78 is 15.3. The maximum Gasteiger partial charge on any atom is 0.349 e. The summed E-state index contributed by atoms with van der Waals surface area (Å²) in [6.07, 6.45) is 4.54. The molecule has 2 rings (SSSR count). The number of nitriles is 1. The molecule has 0 unspecified atom stereocenters. The van der Waals surface area contributed by atoms with Gasteiger partial charge in [0.25, 0.3) is 0 Å². The molecule has 138 valence electrons. The Morgan fingerprint density at radius 2 is 1.78 bits per heavy atom. The fourth-order valence-electron chi connectivity index (χ4n) is 2.22. The molecular formula is C21H19NO5. The SMILES string of the molecule is COc1cc(/C=C/C=C(\C#N)C(=O)OCc2ccccc2)cc(OC)c1O. The molecule has 0 aliphatic carbocycles. The number of rotatable bonds is 7. The molecule has 2 aromatic carbocycles. The van der Waals surface area contributed by atoms with Crippen LogP contribution in [0.1, 0.15) is 11.1 Å². The van der Waals surface area contributed by atoms with Crippen molar-refractivity contribution >= 4 is 12.0 Å². The van der Waals surface area contributed by atoms with Crippen LogP contribution in [0.3, 0.4) is 0 Å². The summed E-state index contributed by atoms with van der Waals surface area (Å²) in [7, 11) is 2.86. The molecule has 0 radical (unpaired) electrons. The minimum absolute atomic E-state index is 0.0920. The van der Waals surface area contributed by atoms with Crippen LogP contribution in [0.25, 0.3) is 6.08 Å². The third kappa shape index (κ3) is 5.38. The zero-order valence-corrected chi connectivity index (χ0v) is 15.0. The van der Waals surface area contributed by atoms with E-state index in [9.17, 15) is 9.90 Å². The van der Waals surface area contributed by atoms with Gasteiger partial charge in [-0.25, -0.2) is 4.79 Å². The molecule has 0 saturated heterocycles. The third-order valence-corrected chi connectivity index (χ3v) is 3.61. The van der Waals surface area contributed by atoms with Crippen LogP contribution in [-0.2, 0) is 16.1 Å². The molecule has 6 nitrogen and oxygen atoms in total. The molecule has 0 aliphatic heterocycles. The summed E-state index contributed by atoms with van der Waals surface area (Å²) in [5.41, 5.74) is 1.37. The third-order valence-electron chi connectivity index (χ3n) is 3.61. The summed E-state index contributed by atoms with van der Waals surface area (Å²) in [5, 5.41) is 19.1. The molecule has 0 atom stereocenters. The Morgan fingerprint density at radius 1 is 1.15 bits per heavy atom. The standard InChI is InChI=1S/C21H19NO5/c1-25-18-11-16(12-19(26-2)20(18)23)9-6-10-17(13-22)21(24)27-14-15-7-4-3-5-8-15/h3-12,23H,14H2,1-2H3/b9-6+,17-10+. The average molecular weight is 365 g/mol. The molecule has 0 aliphatic rings. The molecule has 27 heavy (non-hydrogen) atoms. The first-order valence-electron chi connectivity index (χ1n) is 8.03. The van der Waals surface area contributed by atoms with E-state index in [0.29, 0.717) is 5.56 Å². The van der Waals surface area contributed by atoms with Crippen molar-refractivity contribution in [1.82, 2.24) is 0 Å². The number of carbonyl (C=O) groups excluding carboxylic acids is 1. The van der Waals surface area contributed by atoms with Crippen molar-refractivity contribution in [2.45, 2.75) is 6.61 Å². The van der Waals surface area contributed by atoms with E-state index in [0.717, 1.165) is 5.56 Å². The van der Waals surface area contributed by atoms with Crippen molar-refractivity contribution < 1.29 is 24.1 Å². The molecule has 0 bridgehead atoms. The van der Waals surface area contributed by atoms with Gasteiger partial charge in [-0.3, -0.25) is 0 Å². The van der Waals surface area contributed by atoms with Gasteiger partial charge in [0, 0.05) is 0 Å². The first kappa shape index (κ1) is 19.6. The molecule has 0 fully saturated rings. The van der Waals surface area contributed by atoms with Crippen LogP contribution in [0.15, 0.2) is 60.2 Å². The van der Waals surface area contributed by atoms with E-state index in [4.69, 9.17) is 19.5 Å². The number of esters is 1. The van der Waals surface area contributed by atoms with Gasteiger partial charge < -0.3 is 19.3 Å². The van der Waals surface area contributed by atoms with Gasteiger partial charge in [-0.15, -0.1) is 0 Å². The van der Waals surface area contributed by atoms with Crippen molar-refractivity contribution in [2.75, 3.05) is 14.2 Å². The van der Waals surface area contributed by atoms with Crippen LogP contribution >= 0.6 is 0 Å². The van der Waals surface area contributed by atoms with Crippen LogP contribution in [0.2, 0.25) is 0 Å². The number of phenolic OH excluding ortho intramolecular Hbond substituents is 1. The molecular weight excluding hydrogens is 346 g/mol. The Bertz CT molecular complexity index is 870. The number of hydrogen-bond acceptors (Lipinski definition) is 6. The molecule has 0 spiro atoms. The maximum absolute atomic E-state index is 12.0. The quantitative estimate of drug-likeness (QED) is 0.349. The highest BCUT2D eigenvalue weighted by Gasteiger charge is 2.11. The fraction of sp³-hybridized carbons (Fsp3) is 0.143. The minimum atomic E-state index is -0.702. The van der Waals surface area contributed by atoms with Crippen molar-refractivity contribution in [1.29, 1.82) is 5.26 Å². The van der Waals surface area contributed by atoms with Crippen LogP contribution in [0.4, 0.5) is 0 Å². The van der Waals surface area contributed by atoms with E-state index >= 15 is 0 Å². The van der Waals surface area contributed by atoms with Gasteiger partial charge in [-0.2, -0.15) is 5.26 Å². The van der Waals surface area contributed by atoms with Crippen LogP contribution in [0.5, 0.6) is 17.2 Å². The molecule has 0 aromatic heterocycles.